The number of carbonyl (C=O) groups is 1. The van der Waals surface area contributed by atoms with Gasteiger partial charge in [0.2, 0.25) is 6.71 Å². The summed E-state index contributed by atoms with van der Waals surface area (Å²) in [4.78, 5) is 11.9. The molecule has 0 bridgehead atoms. The molecule has 1 fully saturated rings. The van der Waals surface area contributed by atoms with Crippen molar-refractivity contribution >= 4 is 12.4 Å². The van der Waals surface area contributed by atoms with Gasteiger partial charge in [-0.15, -0.1) is 0 Å². The van der Waals surface area contributed by atoms with Crippen molar-refractivity contribution in [2.45, 2.75) is 52.7 Å². The highest BCUT2D eigenvalue weighted by molar-refractivity contribution is 6.92. The molecule has 0 spiro atoms. The highest BCUT2D eigenvalue weighted by Gasteiger charge is 2.38. The van der Waals surface area contributed by atoms with Crippen LogP contribution in [0.5, 0.6) is 0 Å². The molecule has 0 aromatic rings. The minimum Gasteiger partial charge on any atom is -0.311 e. The smallest absolute Gasteiger partial charge is 0.226 e. The zero-order chi connectivity index (χ0) is 9.35. The van der Waals surface area contributed by atoms with E-state index in [1.165, 1.54) is 12.8 Å². The van der Waals surface area contributed by atoms with Crippen molar-refractivity contribution in [3.8, 4) is 0 Å². The quantitative estimate of drug-likeness (QED) is 0.547. The van der Waals surface area contributed by atoms with Gasteiger partial charge in [0.15, 0.2) is 0 Å². The summed E-state index contributed by atoms with van der Waals surface area (Å²) in [5.74, 6) is 0.622. The van der Waals surface area contributed by atoms with Gasteiger partial charge in [0.1, 0.15) is 0 Å². The van der Waals surface area contributed by atoms with Gasteiger partial charge in [-0.05, 0) is 0 Å². The van der Waals surface area contributed by atoms with Gasteiger partial charge in [0, 0.05) is 5.41 Å². The Bertz CT molecular complexity index is 181. The van der Waals surface area contributed by atoms with E-state index in [4.69, 9.17) is 0 Å². The summed E-state index contributed by atoms with van der Waals surface area (Å²) in [7, 11) is 0. The average Bonchev–Trinajstić information content (AvgIpc) is 2.31. The molecule has 1 nitrogen and oxygen atoms in total. The average molecular weight is 166 g/mol. The summed E-state index contributed by atoms with van der Waals surface area (Å²) in [6.07, 6.45) is 3.61. The fraction of sp³-hybridized carbons (Fsp3) is 0.900. The van der Waals surface area contributed by atoms with E-state index in [-0.39, 0.29) is 5.41 Å². The first-order valence-corrected chi connectivity index (χ1v) is 4.97. The third kappa shape index (κ3) is 1.91. The van der Waals surface area contributed by atoms with E-state index in [0.717, 1.165) is 6.32 Å². The molecule has 0 amide bonds. The zero-order valence-corrected chi connectivity index (χ0v) is 8.68. The van der Waals surface area contributed by atoms with Crippen LogP contribution >= 0.6 is 0 Å². The minimum absolute atomic E-state index is 0.136. The van der Waals surface area contributed by atoms with Gasteiger partial charge in [0.05, 0.1) is 5.68 Å². The SMILES string of the molecule is CC1CCCB1C(=O)C(C)(C)C. The van der Waals surface area contributed by atoms with Gasteiger partial charge in [-0.3, -0.25) is 0 Å². The first kappa shape index (κ1) is 9.82. The fourth-order valence-corrected chi connectivity index (χ4v) is 2.09. The molecule has 0 radical (unpaired) electrons. The summed E-state index contributed by atoms with van der Waals surface area (Å²) >= 11 is 0. The van der Waals surface area contributed by atoms with Crippen LogP contribution in [-0.2, 0) is 4.79 Å². The van der Waals surface area contributed by atoms with Crippen molar-refractivity contribution in [3.63, 3.8) is 0 Å². The van der Waals surface area contributed by atoms with Crippen LogP contribution in [0.15, 0.2) is 0 Å². The molecule has 2 heteroatoms. The molecular formula is C10H19BO. The minimum atomic E-state index is -0.136. The lowest BCUT2D eigenvalue weighted by Gasteiger charge is -2.22. The summed E-state index contributed by atoms with van der Waals surface area (Å²) in [5, 5.41) is 0. The highest BCUT2D eigenvalue weighted by Crippen LogP contribution is 2.34. The standard InChI is InChI=1S/C10H19BO/c1-8-6-5-7-11(8)9(12)10(2,3)4/h8H,5-7H2,1-4H3. The monoisotopic (exact) mass is 166 g/mol. The summed E-state index contributed by atoms with van der Waals surface area (Å²) in [6.45, 7) is 8.65. The molecule has 0 aromatic heterocycles. The Morgan fingerprint density at radius 3 is 2.33 bits per heavy atom. The van der Waals surface area contributed by atoms with E-state index in [1.54, 1.807) is 0 Å². The van der Waals surface area contributed by atoms with Crippen LogP contribution < -0.4 is 0 Å². The van der Waals surface area contributed by atoms with Crippen LogP contribution in [0.25, 0.3) is 0 Å². The maximum Gasteiger partial charge on any atom is 0.226 e. The van der Waals surface area contributed by atoms with Crippen molar-refractivity contribution in [1.29, 1.82) is 0 Å². The molecule has 1 heterocycles. The number of hydrogen-bond donors (Lipinski definition) is 0. The predicted molar refractivity (Wildman–Crippen MR) is 53.7 cm³/mol. The molecule has 0 N–H and O–H groups in total. The summed E-state index contributed by atoms with van der Waals surface area (Å²) < 4.78 is 0. The summed E-state index contributed by atoms with van der Waals surface area (Å²) in [5.41, 5.74) is 0.330. The second-order valence-electron chi connectivity index (χ2n) is 5.13. The van der Waals surface area contributed by atoms with Gasteiger partial charge < -0.3 is 4.79 Å². The van der Waals surface area contributed by atoms with E-state index in [2.05, 4.69) is 6.92 Å². The lowest BCUT2D eigenvalue weighted by molar-refractivity contribution is -0.119. The Morgan fingerprint density at radius 2 is 2.00 bits per heavy atom. The van der Waals surface area contributed by atoms with Crippen LogP contribution in [0.3, 0.4) is 0 Å². The van der Waals surface area contributed by atoms with E-state index in [0.29, 0.717) is 18.2 Å². The van der Waals surface area contributed by atoms with Crippen molar-refractivity contribution < 1.29 is 4.79 Å². The highest BCUT2D eigenvalue weighted by atomic mass is 16.1. The van der Waals surface area contributed by atoms with Gasteiger partial charge in [-0.1, -0.05) is 52.7 Å². The molecule has 68 valence electrons. The fourth-order valence-electron chi connectivity index (χ4n) is 2.09. The van der Waals surface area contributed by atoms with E-state index in [9.17, 15) is 4.79 Å². The topological polar surface area (TPSA) is 17.1 Å². The molecule has 1 rings (SSSR count). The molecule has 1 aliphatic heterocycles. The first-order valence-electron chi connectivity index (χ1n) is 4.97. The van der Waals surface area contributed by atoms with Gasteiger partial charge >= 0.3 is 0 Å². The Morgan fingerprint density at radius 1 is 1.42 bits per heavy atom. The molecule has 0 aliphatic carbocycles. The van der Waals surface area contributed by atoms with Gasteiger partial charge in [-0.25, -0.2) is 0 Å². The second-order valence-corrected chi connectivity index (χ2v) is 5.13. The second kappa shape index (κ2) is 3.23. The van der Waals surface area contributed by atoms with Gasteiger partial charge in [0.25, 0.3) is 0 Å². The Balaban J connectivity index is 2.64. The van der Waals surface area contributed by atoms with Crippen molar-refractivity contribution in [1.82, 2.24) is 0 Å². The molecule has 1 unspecified atom stereocenters. The van der Waals surface area contributed by atoms with Gasteiger partial charge in [-0.2, -0.15) is 0 Å². The molecular weight excluding hydrogens is 147 g/mol. The van der Waals surface area contributed by atoms with Crippen LogP contribution in [0.2, 0.25) is 12.1 Å². The lowest BCUT2D eigenvalue weighted by Crippen LogP contribution is -2.36. The zero-order valence-electron chi connectivity index (χ0n) is 8.68. The lowest BCUT2D eigenvalue weighted by atomic mass is 9.37. The third-order valence-electron chi connectivity index (χ3n) is 2.94. The molecule has 12 heavy (non-hydrogen) atoms. The molecule has 0 saturated carbocycles. The molecule has 1 atom stereocenters. The maximum atomic E-state index is 11.9. The number of rotatable bonds is 1. The normalized spacial score (nSPS) is 24.7. The molecule has 0 aromatic carbocycles. The summed E-state index contributed by atoms with van der Waals surface area (Å²) in [6, 6.07) is 0. The van der Waals surface area contributed by atoms with Crippen molar-refractivity contribution in [2.24, 2.45) is 5.41 Å². The molecule has 1 saturated heterocycles. The Kier molecular flexibility index (Phi) is 2.65. The number of carbonyl (C=O) groups excluding carboxylic acids is 1. The largest absolute Gasteiger partial charge is 0.311 e. The van der Waals surface area contributed by atoms with Crippen LogP contribution in [0.4, 0.5) is 0 Å². The first-order chi connectivity index (χ1) is 5.43. The Hall–Kier alpha value is -0.265. The third-order valence-corrected chi connectivity index (χ3v) is 2.94. The van der Waals surface area contributed by atoms with Crippen LogP contribution in [0.1, 0.15) is 40.5 Å². The Labute approximate surface area is 76.0 Å². The van der Waals surface area contributed by atoms with Crippen LogP contribution in [-0.4, -0.2) is 12.4 Å². The molecule has 1 aliphatic rings. The van der Waals surface area contributed by atoms with E-state index < -0.39 is 0 Å². The number of hydrogen-bond acceptors (Lipinski definition) is 1. The van der Waals surface area contributed by atoms with E-state index >= 15 is 0 Å². The van der Waals surface area contributed by atoms with Crippen molar-refractivity contribution in [2.75, 3.05) is 0 Å². The maximum absolute atomic E-state index is 11.9. The predicted octanol–water partition coefficient (Wildman–Crippen LogP) is 2.82. The van der Waals surface area contributed by atoms with E-state index in [1.807, 2.05) is 20.8 Å². The van der Waals surface area contributed by atoms with Crippen molar-refractivity contribution in [3.05, 3.63) is 0 Å². The van der Waals surface area contributed by atoms with Crippen LogP contribution in [0, 0.1) is 5.41 Å².